The number of nitrogens with one attached hydrogen (secondary N) is 1. The molecule has 0 fully saturated rings. The lowest BCUT2D eigenvalue weighted by molar-refractivity contribution is 0.102. The number of rotatable bonds is 4. The quantitative estimate of drug-likeness (QED) is 0.352. The Morgan fingerprint density at radius 1 is 0.968 bits per heavy atom. The summed E-state index contributed by atoms with van der Waals surface area (Å²) in [6.07, 6.45) is 5.81. The number of halogens is 1. The average Bonchev–Trinajstić information content (AvgIpc) is 3.17. The van der Waals surface area contributed by atoms with Crippen LogP contribution in [0.3, 0.4) is 0 Å². The van der Waals surface area contributed by atoms with Gasteiger partial charge < -0.3 is 5.32 Å². The maximum atomic E-state index is 13.4. The fourth-order valence-electron chi connectivity index (χ4n) is 4.08. The molecule has 1 aliphatic rings. The van der Waals surface area contributed by atoms with Crippen LogP contribution in [-0.2, 0) is 12.8 Å². The molecule has 4 aromatic rings. The van der Waals surface area contributed by atoms with Gasteiger partial charge in [0.15, 0.2) is 0 Å². The number of carbonyl (C=O) groups excluding carboxylic acids is 1. The molecule has 0 saturated carbocycles. The number of hydrogen-bond donors (Lipinski definition) is 1. The average molecular weight is 429 g/mol. The molecular formula is C26H21FN2OS. The standard InChI is InChI=1S/C26H21FN2OS/c27-19-14-12-17(13-15-19)16-28-26-24(21-9-3-4-11-23(21)31-26)25(30)29-22-10-5-7-18-6-1-2-8-20(18)22/h1-2,5-8,10,12-16H,3-4,9,11H2,(H,29,30). The smallest absolute Gasteiger partial charge is 0.259 e. The second-order valence-electron chi connectivity index (χ2n) is 7.68. The minimum atomic E-state index is -0.279. The van der Waals surface area contributed by atoms with Crippen LogP contribution in [-0.4, -0.2) is 12.1 Å². The Balaban J connectivity index is 1.52. The molecule has 1 amide bonds. The first-order chi connectivity index (χ1) is 15.2. The molecule has 0 atom stereocenters. The van der Waals surface area contributed by atoms with E-state index in [1.54, 1.807) is 29.7 Å². The largest absolute Gasteiger partial charge is 0.321 e. The van der Waals surface area contributed by atoms with Crippen molar-refractivity contribution in [3.05, 3.63) is 94.1 Å². The summed E-state index contributed by atoms with van der Waals surface area (Å²) in [5.74, 6) is -0.402. The summed E-state index contributed by atoms with van der Waals surface area (Å²) in [6, 6.07) is 20.1. The summed E-state index contributed by atoms with van der Waals surface area (Å²) < 4.78 is 13.2. The zero-order chi connectivity index (χ0) is 21.2. The van der Waals surface area contributed by atoms with Gasteiger partial charge in [-0.1, -0.05) is 48.5 Å². The molecule has 3 nitrogen and oxygen atoms in total. The minimum absolute atomic E-state index is 0.123. The van der Waals surface area contributed by atoms with E-state index in [1.807, 2.05) is 42.5 Å². The Labute approximate surface area is 184 Å². The second kappa shape index (κ2) is 8.44. The van der Waals surface area contributed by atoms with Gasteiger partial charge in [-0.15, -0.1) is 11.3 Å². The Bertz CT molecular complexity index is 1290. The normalized spacial score (nSPS) is 13.5. The molecule has 1 N–H and O–H groups in total. The first-order valence-electron chi connectivity index (χ1n) is 10.4. The maximum absolute atomic E-state index is 13.4. The summed E-state index contributed by atoms with van der Waals surface area (Å²) in [5.41, 5.74) is 3.40. The number of aliphatic imine (C=N–C) groups is 1. The Morgan fingerprint density at radius 3 is 2.61 bits per heavy atom. The van der Waals surface area contributed by atoms with Gasteiger partial charge >= 0.3 is 0 Å². The Kier molecular flexibility index (Phi) is 5.35. The van der Waals surface area contributed by atoms with E-state index in [4.69, 9.17) is 0 Å². The third-order valence-corrected chi connectivity index (χ3v) is 6.82. The van der Waals surface area contributed by atoms with E-state index in [1.165, 1.54) is 17.0 Å². The number of thiophene rings is 1. The molecule has 154 valence electrons. The van der Waals surface area contributed by atoms with Crippen molar-refractivity contribution in [2.45, 2.75) is 25.7 Å². The summed E-state index contributed by atoms with van der Waals surface area (Å²) in [5, 5.41) is 5.94. The van der Waals surface area contributed by atoms with Gasteiger partial charge in [-0.25, -0.2) is 9.38 Å². The minimum Gasteiger partial charge on any atom is -0.321 e. The van der Waals surface area contributed by atoms with E-state index in [0.717, 1.165) is 53.3 Å². The topological polar surface area (TPSA) is 41.5 Å². The number of amides is 1. The summed E-state index contributed by atoms with van der Waals surface area (Å²) in [6.45, 7) is 0. The highest BCUT2D eigenvalue weighted by atomic mass is 32.1. The van der Waals surface area contributed by atoms with Crippen molar-refractivity contribution in [1.82, 2.24) is 0 Å². The van der Waals surface area contributed by atoms with Crippen molar-refractivity contribution in [1.29, 1.82) is 0 Å². The first-order valence-corrected chi connectivity index (χ1v) is 11.2. The lowest BCUT2D eigenvalue weighted by Gasteiger charge is -2.13. The molecule has 3 aromatic carbocycles. The highest BCUT2D eigenvalue weighted by Gasteiger charge is 2.25. The van der Waals surface area contributed by atoms with Crippen LogP contribution in [0.15, 0.2) is 71.7 Å². The second-order valence-corrected chi connectivity index (χ2v) is 8.77. The van der Waals surface area contributed by atoms with Crippen molar-refractivity contribution < 1.29 is 9.18 Å². The highest BCUT2D eigenvalue weighted by Crippen LogP contribution is 2.40. The van der Waals surface area contributed by atoms with Crippen LogP contribution in [0.2, 0.25) is 0 Å². The lowest BCUT2D eigenvalue weighted by Crippen LogP contribution is -2.15. The van der Waals surface area contributed by atoms with E-state index < -0.39 is 0 Å². The summed E-state index contributed by atoms with van der Waals surface area (Å²) >= 11 is 1.59. The monoisotopic (exact) mass is 428 g/mol. The SMILES string of the molecule is O=C(Nc1cccc2ccccc12)c1c(N=Cc2ccc(F)cc2)sc2c1CCCC2. The Morgan fingerprint density at radius 2 is 1.74 bits per heavy atom. The van der Waals surface area contributed by atoms with Crippen LogP contribution in [0.5, 0.6) is 0 Å². The van der Waals surface area contributed by atoms with Gasteiger partial charge in [0.25, 0.3) is 5.91 Å². The zero-order valence-electron chi connectivity index (χ0n) is 16.9. The predicted octanol–water partition coefficient (Wildman–Crippen LogP) is 6.92. The first kappa shape index (κ1) is 19.6. The number of nitrogens with zero attached hydrogens (tertiary/aromatic N) is 1. The number of carbonyl (C=O) groups is 1. The van der Waals surface area contributed by atoms with Crippen LogP contribution in [0.4, 0.5) is 15.1 Å². The van der Waals surface area contributed by atoms with Crippen molar-refractivity contribution in [3.8, 4) is 0 Å². The van der Waals surface area contributed by atoms with Gasteiger partial charge in [0.05, 0.1) is 5.56 Å². The number of anilines is 1. The van der Waals surface area contributed by atoms with E-state index in [0.29, 0.717) is 10.6 Å². The number of benzene rings is 3. The maximum Gasteiger partial charge on any atom is 0.259 e. The number of hydrogen-bond acceptors (Lipinski definition) is 3. The van der Waals surface area contributed by atoms with Crippen LogP contribution in [0.25, 0.3) is 10.8 Å². The van der Waals surface area contributed by atoms with Gasteiger partial charge in [-0.3, -0.25) is 4.79 Å². The van der Waals surface area contributed by atoms with Crippen LogP contribution in [0, 0.1) is 5.82 Å². The van der Waals surface area contributed by atoms with Crippen molar-refractivity contribution in [3.63, 3.8) is 0 Å². The molecule has 0 bridgehead atoms. The fraction of sp³-hybridized carbons (Fsp3) is 0.154. The molecule has 1 aliphatic carbocycles. The third-order valence-electron chi connectivity index (χ3n) is 5.62. The van der Waals surface area contributed by atoms with Crippen molar-refractivity contribution >= 4 is 44.9 Å². The Hall–Kier alpha value is -3.31. The highest BCUT2D eigenvalue weighted by molar-refractivity contribution is 7.16. The summed E-state index contributed by atoms with van der Waals surface area (Å²) in [7, 11) is 0. The molecule has 0 spiro atoms. The number of aryl methyl sites for hydroxylation is 1. The molecule has 0 aliphatic heterocycles. The van der Waals surface area contributed by atoms with Crippen LogP contribution < -0.4 is 5.32 Å². The van der Waals surface area contributed by atoms with E-state index >= 15 is 0 Å². The molecule has 1 heterocycles. The molecule has 0 saturated heterocycles. The molecular weight excluding hydrogens is 407 g/mol. The van der Waals surface area contributed by atoms with Crippen LogP contribution >= 0.6 is 11.3 Å². The van der Waals surface area contributed by atoms with Gasteiger partial charge in [-0.05, 0) is 60.4 Å². The molecule has 0 unspecified atom stereocenters. The van der Waals surface area contributed by atoms with Gasteiger partial charge in [0.2, 0.25) is 0 Å². The molecule has 0 radical (unpaired) electrons. The molecule has 5 heteroatoms. The zero-order valence-corrected chi connectivity index (χ0v) is 17.7. The van der Waals surface area contributed by atoms with E-state index in [9.17, 15) is 9.18 Å². The van der Waals surface area contributed by atoms with Crippen molar-refractivity contribution in [2.24, 2.45) is 4.99 Å². The van der Waals surface area contributed by atoms with Gasteiger partial charge in [0.1, 0.15) is 10.8 Å². The molecule has 5 rings (SSSR count). The fourth-order valence-corrected chi connectivity index (χ4v) is 5.31. The summed E-state index contributed by atoms with van der Waals surface area (Å²) in [4.78, 5) is 19.3. The number of fused-ring (bicyclic) bond motifs is 2. The third kappa shape index (κ3) is 4.01. The predicted molar refractivity (Wildman–Crippen MR) is 127 cm³/mol. The van der Waals surface area contributed by atoms with Crippen LogP contribution in [0.1, 0.15) is 39.2 Å². The van der Waals surface area contributed by atoms with Gasteiger partial charge in [-0.2, -0.15) is 0 Å². The molecule has 31 heavy (non-hydrogen) atoms. The van der Waals surface area contributed by atoms with E-state index in [2.05, 4.69) is 10.3 Å². The lowest BCUT2D eigenvalue weighted by atomic mass is 9.95. The van der Waals surface area contributed by atoms with Crippen molar-refractivity contribution in [2.75, 3.05) is 5.32 Å². The van der Waals surface area contributed by atoms with E-state index in [-0.39, 0.29) is 11.7 Å². The van der Waals surface area contributed by atoms with Gasteiger partial charge in [0, 0.05) is 22.2 Å². The molecule has 1 aromatic heterocycles.